The van der Waals surface area contributed by atoms with Gasteiger partial charge in [0.25, 0.3) is 5.69 Å². The third-order valence-corrected chi connectivity index (χ3v) is 5.95. The maximum Gasteiger partial charge on any atom is 0.269 e. The van der Waals surface area contributed by atoms with Gasteiger partial charge in [-0.25, -0.2) is 9.97 Å². The molecule has 5 rings (SSSR count). The van der Waals surface area contributed by atoms with Gasteiger partial charge in [0.2, 0.25) is 5.95 Å². The van der Waals surface area contributed by atoms with Gasteiger partial charge in [0.1, 0.15) is 0 Å². The Labute approximate surface area is 190 Å². The molecule has 0 atom stereocenters. The maximum atomic E-state index is 10.9. The number of halogens is 1. The summed E-state index contributed by atoms with van der Waals surface area (Å²) in [6.07, 6.45) is 0. The smallest absolute Gasteiger partial charge is 0.269 e. The minimum atomic E-state index is -0.378. The van der Waals surface area contributed by atoms with Crippen molar-refractivity contribution in [3.63, 3.8) is 0 Å². The van der Waals surface area contributed by atoms with Crippen LogP contribution in [-0.2, 0) is 0 Å². The van der Waals surface area contributed by atoms with Crippen molar-refractivity contribution in [1.82, 2.24) is 9.97 Å². The Morgan fingerprint density at radius 2 is 1.47 bits per heavy atom. The number of hydrogen-bond acceptors (Lipinski definition) is 6. The van der Waals surface area contributed by atoms with Gasteiger partial charge in [-0.05, 0) is 30.3 Å². The van der Waals surface area contributed by atoms with Crippen molar-refractivity contribution in [3.8, 4) is 11.3 Å². The third kappa shape index (κ3) is 3.94. The van der Waals surface area contributed by atoms with E-state index in [2.05, 4.69) is 9.80 Å². The summed E-state index contributed by atoms with van der Waals surface area (Å²) in [6.45, 7) is 3.08. The molecule has 1 aromatic heterocycles. The lowest BCUT2D eigenvalue weighted by molar-refractivity contribution is -0.384. The number of fused-ring (bicyclic) bond motifs is 1. The number of rotatable bonds is 4. The van der Waals surface area contributed by atoms with Crippen LogP contribution in [-0.4, -0.2) is 41.1 Å². The Balaban J connectivity index is 1.41. The van der Waals surface area contributed by atoms with E-state index in [4.69, 9.17) is 21.6 Å². The van der Waals surface area contributed by atoms with Gasteiger partial charge in [-0.2, -0.15) is 0 Å². The molecule has 4 aromatic rings. The summed E-state index contributed by atoms with van der Waals surface area (Å²) in [7, 11) is 0. The van der Waals surface area contributed by atoms with Crippen LogP contribution in [0, 0.1) is 10.1 Å². The largest absolute Gasteiger partial charge is 0.368 e. The number of para-hydroxylation sites is 1. The molecular weight excluding hydrogens is 426 g/mol. The second-order valence-corrected chi connectivity index (χ2v) is 8.08. The van der Waals surface area contributed by atoms with E-state index < -0.39 is 0 Å². The SMILES string of the molecule is O=[N+]([O-])c1ccc(N2CCN(c3nc(-c4ccc(Cl)cc4)c4ccccc4n3)CC2)cc1. The quantitative estimate of drug-likeness (QED) is 0.318. The molecule has 0 spiro atoms. The summed E-state index contributed by atoms with van der Waals surface area (Å²) in [6, 6.07) is 22.4. The Morgan fingerprint density at radius 1 is 0.812 bits per heavy atom. The third-order valence-electron chi connectivity index (χ3n) is 5.70. The Kier molecular flexibility index (Phi) is 5.33. The number of hydrogen-bond donors (Lipinski definition) is 0. The van der Waals surface area contributed by atoms with E-state index in [0.717, 1.165) is 54.0 Å². The van der Waals surface area contributed by atoms with E-state index in [0.29, 0.717) is 11.0 Å². The van der Waals surface area contributed by atoms with Gasteiger partial charge in [-0.15, -0.1) is 0 Å². The summed E-state index contributed by atoms with van der Waals surface area (Å²) in [5, 5.41) is 12.6. The van der Waals surface area contributed by atoms with E-state index >= 15 is 0 Å². The number of piperazine rings is 1. The summed E-state index contributed by atoms with van der Waals surface area (Å²) in [5.74, 6) is 0.706. The minimum absolute atomic E-state index is 0.103. The number of aromatic nitrogens is 2. The average molecular weight is 446 g/mol. The number of nitro benzene ring substituents is 1. The highest BCUT2D eigenvalue weighted by Crippen LogP contribution is 2.30. The molecule has 2 heterocycles. The fourth-order valence-electron chi connectivity index (χ4n) is 3.98. The molecule has 8 heteroatoms. The molecule has 1 aliphatic rings. The molecule has 32 heavy (non-hydrogen) atoms. The van der Waals surface area contributed by atoms with E-state index in [1.807, 2.05) is 48.5 Å². The van der Waals surface area contributed by atoms with Crippen LogP contribution in [0.5, 0.6) is 0 Å². The van der Waals surface area contributed by atoms with Gasteiger partial charge in [0, 0.05) is 60.0 Å². The number of non-ortho nitro benzene ring substituents is 1. The molecule has 0 bridgehead atoms. The van der Waals surface area contributed by atoms with Crippen molar-refractivity contribution in [2.75, 3.05) is 36.0 Å². The second-order valence-electron chi connectivity index (χ2n) is 7.64. The van der Waals surface area contributed by atoms with Crippen LogP contribution in [0.15, 0.2) is 72.8 Å². The fourth-order valence-corrected chi connectivity index (χ4v) is 4.11. The highest BCUT2D eigenvalue weighted by atomic mass is 35.5. The lowest BCUT2D eigenvalue weighted by atomic mass is 10.1. The van der Waals surface area contributed by atoms with Gasteiger partial charge in [0.15, 0.2) is 0 Å². The zero-order chi connectivity index (χ0) is 22.1. The fraction of sp³-hybridized carbons (Fsp3) is 0.167. The molecule has 0 amide bonds. The first kappa shape index (κ1) is 20.2. The van der Waals surface area contributed by atoms with Gasteiger partial charge in [0.05, 0.1) is 16.1 Å². The lowest BCUT2D eigenvalue weighted by Gasteiger charge is -2.36. The topological polar surface area (TPSA) is 75.4 Å². The molecule has 1 fully saturated rings. The summed E-state index contributed by atoms with van der Waals surface area (Å²) in [4.78, 5) is 24.7. The van der Waals surface area contributed by atoms with Crippen molar-refractivity contribution in [3.05, 3.63) is 87.9 Å². The van der Waals surface area contributed by atoms with Gasteiger partial charge < -0.3 is 9.80 Å². The van der Waals surface area contributed by atoms with Gasteiger partial charge >= 0.3 is 0 Å². The Hall–Kier alpha value is -3.71. The van der Waals surface area contributed by atoms with E-state index in [9.17, 15) is 10.1 Å². The highest BCUT2D eigenvalue weighted by molar-refractivity contribution is 6.30. The molecular formula is C24H20ClN5O2. The summed E-state index contributed by atoms with van der Waals surface area (Å²) < 4.78 is 0. The first-order chi connectivity index (χ1) is 15.6. The zero-order valence-corrected chi connectivity index (χ0v) is 17.9. The Morgan fingerprint density at radius 3 is 2.16 bits per heavy atom. The summed E-state index contributed by atoms with van der Waals surface area (Å²) >= 11 is 6.08. The maximum absolute atomic E-state index is 10.9. The molecule has 0 radical (unpaired) electrons. The molecule has 160 valence electrons. The number of nitro groups is 1. The van der Waals surface area contributed by atoms with Crippen LogP contribution < -0.4 is 9.80 Å². The van der Waals surface area contributed by atoms with Crippen molar-refractivity contribution < 1.29 is 4.92 Å². The molecule has 1 aliphatic heterocycles. The van der Waals surface area contributed by atoms with Crippen molar-refractivity contribution in [1.29, 1.82) is 0 Å². The molecule has 0 aliphatic carbocycles. The van der Waals surface area contributed by atoms with Crippen LogP contribution >= 0.6 is 11.6 Å². The van der Waals surface area contributed by atoms with Crippen molar-refractivity contribution in [2.45, 2.75) is 0 Å². The van der Waals surface area contributed by atoms with E-state index in [-0.39, 0.29) is 10.6 Å². The van der Waals surface area contributed by atoms with Crippen LogP contribution in [0.1, 0.15) is 0 Å². The number of benzene rings is 3. The van der Waals surface area contributed by atoms with Crippen LogP contribution in [0.3, 0.4) is 0 Å². The monoisotopic (exact) mass is 445 g/mol. The Bertz CT molecular complexity index is 1270. The predicted molar refractivity (Wildman–Crippen MR) is 128 cm³/mol. The van der Waals surface area contributed by atoms with E-state index in [1.54, 1.807) is 24.3 Å². The first-order valence-corrected chi connectivity index (χ1v) is 10.7. The predicted octanol–water partition coefficient (Wildman–Crippen LogP) is 5.19. The van der Waals surface area contributed by atoms with Crippen LogP contribution in [0.2, 0.25) is 5.02 Å². The van der Waals surface area contributed by atoms with Gasteiger partial charge in [-0.1, -0.05) is 41.9 Å². The standard InChI is InChI=1S/C24H20ClN5O2/c25-18-7-5-17(6-8-18)23-21-3-1-2-4-22(21)26-24(27-23)29-15-13-28(14-16-29)19-9-11-20(12-10-19)30(31)32/h1-12H,13-16H2. The molecule has 1 saturated heterocycles. The lowest BCUT2D eigenvalue weighted by Crippen LogP contribution is -2.47. The summed E-state index contributed by atoms with van der Waals surface area (Å²) in [5.41, 5.74) is 3.88. The zero-order valence-electron chi connectivity index (χ0n) is 17.2. The molecule has 0 unspecified atom stereocenters. The minimum Gasteiger partial charge on any atom is -0.368 e. The molecule has 3 aromatic carbocycles. The van der Waals surface area contributed by atoms with Crippen molar-refractivity contribution >= 4 is 39.8 Å². The molecule has 0 saturated carbocycles. The van der Waals surface area contributed by atoms with Crippen LogP contribution in [0.25, 0.3) is 22.2 Å². The highest BCUT2D eigenvalue weighted by Gasteiger charge is 2.21. The number of anilines is 2. The first-order valence-electron chi connectivity index (χ1n) is 10.4. The van der Waals surface area contributed by atoms with Crippen LogP contribution in [0.4, 0.5) is 17.3 Å². The van der Waals surface area contributed by atoms with Crippen molar-refractivity contribution in [2.24, 2.45) is 0 Å². The van der Waals surface area contributed by atoms with E-state index in [1.165, 1.54) is 0 Å². The molecule has 7 nitrogen and oxygen atoms in total. The second kappa shape index (κ2) is 8.43. The molecule has 0 N–H and O–H groups in total. The number of nitrogens with zero attached hydrogens (tertiary/aromatic N) is 5. The van der Waals surface area contributed by atoms with Gasteiger partial charge in [-0.3, -0.25) is 10.1 Å². The average Bonchev–Trinajstić information content (AvgIpc) is 2.84. The normalized spacial score (nSPS) is 14.0.